The van der Waals surface area contributed by atoms with Crippen LogP contribution in [-0.4, -0.2) is 128 Å². The van der Waals surface area contributed by atoms with Crippen LogP contribution in [0.4, 0.5) is 0 Å². The van der Waals surface area contributed by atoms with E-state index in [1.165, 1.54) is 0 Å². The van der Waals surface area contributed by atoms with Crippen molar-refractivity contribution in [3.8, 4) is 0 Å². The fourth-order valence-corrected chi connectivity index (χ4v) is 9.82. The predicted octanol–water partition coefficient (Wildman–Crippen LogP) is 7.99. The minimum Gasteiger partial charge on any atom is -0.481 e. The van der Waals surface area contributed by atoms with Gasteiger partial charge in [0.05, 0.1) is 50.0 Å². The van der Waals surface area contributed by atoms with E-state index in [2.05, 4.69) is 26.0 Å². The lowest BCUT2D eigenvalue weighted by Gasteiger charge is -2.41. The predicted molar refractivity (Wildman–Crippen MR) is 252 cm³/mol. The molecule has 12 nitrogen and oxygen atoms in total. The number of ether oxygens (including phenoxy) is 3. The third kappa shape index (κ3) is 16.2. The van der Waals surface area contributed by atoms with Gasteiger partial charge in [0, 0.05) is 58.9 Å². The van der Waals surface area contributed by atoms with Gasteiger partial charge >= 0.3 is 5.97 Å². The molecule has 1 N–H and O–H groups in total. The Labute approximate surface area is 384 Å². The minimum absolute atomic E-state index is 0.0218. The second kappa shape index (κ2) is 27.5. The standard InChI is InChI=1S/C52H81N3O9/c1-12-37(6)50(54(9)52(61)42(35(2)3)31-45(57)49(36(4)5)53(8)27-20-26-48(59)60)46(62-10)32-47(58)55-28-19-25-43(55)51(63-11)38(7)44(56)30-41(29-39-21-15-13-16-22-39)34-64-33-40-23-17-14-18-24-40/h13-18,21-24,35-38,41-43,46,49-51H,12,19-20,25-34H2,1-11H3,(H,59,60)/t37-,38-,41+,42-,43-,46+,49-,50-,51+/m0/s1. The number of hydrogen-bond acceptors (Lipinski definition) is 9. The van der Waals surface area contributed by atoms with Gasteiger partial charge in [0.15, 0.2) is 5.78 Å². The van der Waals surface area contributed by atoms with Crippen molar-refractivity contribution in [1.29, 1.82) is 0 Å². The lowest BCUT2D eigenvalue weighted by atomic mass is 9.83. The highest BCUT2D eigenvalue weighted by atomic mass is 16.5. The van der Waals surface area contributed by atoms with E-state index >= 15 is 0 Å². The van der Waals surface area contributed by atoms with Crippen LogP contribution in [0.5, 0.6) is 0 Å². The highest BCUT2D eigenvalue weighted by Gasteiger charge is 2.43. The molecule has 0 radical (unpaired) electrons. The first kappa shape index (κ1) is 54.4. The third-order valence-corrected chi connectivity index (χ3v) is 13.6. The lowest BCUT2D eigenvalue weighted by Crippen LogP contribution is -2.54. The van der Waals surface area contributed by atoms with Gasteiger partial charge in [-0.25, -0.2) is 0 Å². The van der Waals surface area contributed by atoms with E-state index in [-0.39, 0.29) is 72.4 Å². The molecular weight excluding hydrogens is 811 g/mol. The van der Waals surface area contributed by atoms with E-state index in [4.69, 9.17) is 19.3 Å². The van der Waals surface area contributed by atoms with Crippen molar-refractivity contribution in [1.82, 2.24) is 14.7 Å². The number of rotatable bonds is 30. The summed E-state index contributed by atoms with van der Waals surface area (Å²) in [5, 5.41) is 9.15. The molecular formula is C52H81N3O9. The summed E-state index contributed by atoms with van der Waals surface area (Å²) >= 11 is 0. The Morgan fingerprint density at radius 2 is 1.44 bits per heavy atom. The van der Waals surface area contributed by atoms with Gasteiger partial charge in [0.2, 0.25) is 11.8 Å². The highest BCUT2D eigenvalue weighted by molar-refractivity contribution is 5.90. The molecule has 0 saturated carbocycles. The molecule has 64 heavy (non-hydrogen) atoms. The van der Waals surface area contributed by atoms with Crippen LogP contribution in [0.3, 0.4) is 0 Å². The number of likely N-dealkylation sites (N-methyl/N-ethyl adjacent to an activating group) is 2. The summed E-state index contributed by atoms with van der Waals surface area (Å²) in [5.41, 5.74) is 2.22. The Morgan fingerprint density at radius 1 is 0.812 bits per heavy atom. The zero-order chi connectivity index (χ0) is 47.5. The molecule has 0 bridgehead atoms. The van der Waals surface area contributed by atoms with Gasteiger partial charge in [-0.05, 0) is 74.1 Å². The molecule has 2 aromatic rings. The van der Waals surface area contributed by atoms with E-state index in [1.54, 1.807) is 26.2 Å². The van der Waals surface area contributed by atoms with Crippen LogP contribution in [0.2, 0.25) is 0 Å². The van der Waals surface area contributed by atoms with Gasteiger partial charge in [-0.1, -0.05) is 116 Å². The van der Waals surface area contributed by atoms with Crippen LogP contribution in [0.1, 0.15) is 111 Å². The number of benzene rings is 2. The quantitative estimate of drug-likeness (QED) is 0.0820. The van der Waals surface area contributed by atoms with Crippen LogP contribution in [0.25, 0.3) is 0 Å². The van der Waals surface area contributed by atoms with Crippen LogP contribution in [0.15, 0.2) is 60.7 Å². The molecule has 2 aromatic carbocycles. The van der Waals surface area contributed by atoms with Crippen LogP contribution in [0, 0.1) is 35.5 Å². The van der Waals surface area contributed by atoms with Crippen molar-refractivity contribution in [2.75, 3.05) is 48.0 Å². The molecule has 1 aliphatic rings. The molecule has 1 heterocycles. The van der Waals surface area contributed by atoms with Gasteiger partial charge in [-0.15, -0.1) is 0 Å². The van der Waals surface area contributed by atoms with Crippen LogP contribution < -0.4 is 0 Å². The topological polar surface area (TPSA) is 143 Å². The number of methoxy groups -OCH3 is 2. The maximum Gasteiger partial charge on any atom is 0.303 e. The van der Waals surface area contributed by atoms with E-state index in [0.29, 0.717) is 52.0 Å². The average molecular weight is 892 g/mol. The minimum atomic E-state index is -0.872. The monoisotopic (exact) mass is 892 g/mol. The molecule has 1 aliphatic heterocycles. The second-order valence-corrected chi connectivity index (χ2v) is 19.0. The zero-order valence-electron chi connectivity index (χ0n) is 40.9. The number of amides is 2. The Morgan fingerprint density at radius 3 is 1.98 bits per heavy atom. The maximum atomic E-state index is 14.6. The van der Waals surface area contributed by atoms with Crippen LogP contribution in [-0.2, 0) is 51.2 Å². The molecule has 0 aromatic heterocycles. The van der Waals surface area contributed by atoms with Gasteiger partial charge < -0.3 is 29.1 Å². The fourth-order valence-electron chi connectivity index (χ4n) is 9.82. The number of aliphatic carboxylic acids is 1. The SMILES string of the molecule is CC[C@H](C)[C@@H]([C@@H](CC(=O)N1CCC[C@H]1[C@H](OC)[C@@H](C)C(=O)C[C@H](COCc1ccccc1)Cc1ccccc1)OC)N(C)C(=O)[C@@H](CC(=O)[C@H](C(C)C)N(C)CCCC(=O)O)C(C)C. The highest BCUT2D eigenvalue weighted by Crippen LogP contribution is 2.32. The van der Waals surface area contributed by atoms with Crippen molar-refractivity contribution >= 4 is 29.4 Å². The molecule has 1 fully saturated rings. The second-order valence-electron chi connectivity index (χ2n) is 19.0. The number of carbonyl (C=O) groups excluding carboxylic acids is 4. The van der Waals surface area contributed by atoms with Crippen molar-refractivity contribution in [3.05, 3.63) is 71.8 Å². The molecule has 0 aliphatic carbocycles. The maximum absolute atomic E-state index is 14.6. The van der Waals surface area contributed by atoms with Crippen molar-refractivity contribution in [3.63, 3.8) is 0 Å². The molecule has 1 saturated heterocycles. The first-order valence-electron chi connectivity index (χ1n) is 23.7. The number of hydrogen-bond donors (Lipinski definition) is 1. The van der Waals surface area contributed by atoms with Crippen molar-refractivity contribution in [2.24, 2.45) is 35.5 Å². The smallest absolute Gasteiger partial charge is 0.303 e. The Balaban J connectivity index is 1.76. The normalized spacial score (nSPS) is 18.0. The first-order valence-corrected chi connectivity index (χ1v) is 23.7. The Kier molecular flexibility index (Phi) is 23.4. The summed E-state index contributed by atoms with van der Waals surface area (Å²) in [7, 11) is 6.80. The summed E-state index contributed by atoms with van der Waals surface area (Å²) < 4.78 is 18.4. The van der Waals surface area contributed by atoms with Gasteiger partial charge in [-0.2, -0.15) is 0 Å². The number of carbonyl (C=O) groups is 5. The van der Waals surface area contributed by atoms with Gasteiger partial charge in [-0.3, -0.25) is 28.9 Å². The number of nitrogens with zero attached hydrogens (tertiary/aromatic N) is 3. The van der Waals surface area contributed by atoms with Gasteiger partial charge in [0.25, 0.3) is 0 Å². The number of Topliss-reactive ketones (excluding diaryl/α,β-unsaturated/α-hetero) is 2. The number of carboxylic acid groups (broad SMARTS) is 1. The first-order chi connectivity index (χ1) is 30.4. The molecule has 9 atom stereocenters. The van der Waals surface area contributed by atoms with Gasteiger partial charge in [0.1, 0.15) is 5.78 Å². The molecule has 2 amide bonds. The summed E-state index contributed by atoms with van der Waals surface area (Å²) in [6, 6.07) is 19.0. The molecule has 358 valence electrons. The Bertz CT molecular complexity index is 1720. The largest absolute Gasteiger partial charge is 0.481 e. The van der Waals surface area contributed by atoms with Crippen molar-refractivity contribution < 1.29 is 43.3 Å². The van der Waals surface area contributed by atoms with E-state index in [9.17, 15) is 24.0 Å². The summed E-state index contributed by atoms with van der Waals surface area (Å²) in [6.07, 6.45) is 2.64. The molecule has 0 spiro atoms. The summed E-state index contributed by atoms with van der Waals surface area (Å²) in [5.74, 6) is -2.43. The number of ketones is 2. The van der Waals surface area contributed by atoms with E-state index in [0.717, 1.165) is 24.0 Å². The van der Waals surface area contributed by atoms with Crippen molar-refractivity contribution in [2.45, 2.75) is 143 Å². The molecule has 3 rings (SSSR count). The summed E-state index contributed by atoms with van der Waals surface area (Å²) in [6.45, 7) is 15.8. The Hall–Kier alpha value is -3.97. The van der Waals surface area contributed by atoms with E-state index < -0.39 is 42.1 Å². The average Bonchev–Trinajstić information content (AvgIpc) is 3.75. The zero-order valence-corrected chi connectivity index (χ0v) is 40.9. The number of likely N-dealkylation sites (tertiary alicyclic amines) is 1. The fraction of sp³-hybridized carbons (Fsp3) is 0.673. The van der Waals surface area contributed by atoms with Crippen LogP contribution >= 0.6 is 0 Å². The molecule has 0 unspecified atom stereocenters. The van der Waals surface area contributed by atoms with E-state index in [1.807, 2.05) is 100.0 Å². The number of carboxylic acids is 1. The molecule has 12 heteroatoms. The summed E-state index contributed by atoms with van der Waals surface area (Å²) in [4.78, 5) is 73.8. The third-order valence-electron chi connectivity index (χ3n) is 13.6. The lowest BCUT2D eigenvalue weighted by molar-refractivity contribution is -0.149.